The third-order valence-corrected chi connectivity index (χ3v) is 2.69. The third-order valence-electron chi connectivity index (χ3n) is 1.97. The average Bonchev–Trinajstić information content (AvgIpc) is 2.67. The van der Waals surface area contributed by atoms with Crippen molar-refractivity contribution in [3.05, 3.63) is 45.8 Å². The fraction of sp³-hybridized carbons (Fsp3) is 0.100. The summed E-state index contributed by atoms with van der Waals surface area (Å²) < 4.78 is 39.1. The lowest BCUT2D eigenvalue weighted by Gasteiger charge is -2.02. The van der Waals surface area contributed by atoms with E-state index in [-0.39, 0.29) is 0 Å². The largest absolute Gasteiger partial charge is 0.435 e. The monoisotopic (exact) mass is 338 g/mol. The number of hydrogen-bond donors (Lipinski definition) is 0. The molecule has 1 aromatic carbocycles. The molecular weight excluding hydrogens is 332 g/mol. The first kappa shape index (κ1) is 11.4. The smallest absolute Gasteiger partial charge is 0.240 e. The molecule has 0 radical (unpaired) electrons. The van der Waals surface area contributed by atoms with Crippen molar-refractivity contribution in [3.63, 3.8) is 0 Å². The molecule has 2 nitrogen and oxygen atoms in total. The molecule has 0 aliphatic rings. The highest BCUT2D eigenvalue weighted by Crippen LogP contribution is 2.27. The van der Waals surface area contributed by atoms with Crippen molar-refractivity contribution in [1.29, 1.82) is 0 Å². The minimum absolute atomic E-state index is 0.607. The molecule has 0 unspecified atom stereocenters. The van der Waals surface area contributed by atoms with Gasteiger partial charge in [0.2, 0.25) is 0 Å². The molecular formula is C10H6F3IN2. The van der Waals surface area contributed by atoms with Crippen LogP contribution in [0.3, 0.4) is 0 Å². The Morgan fingerprint density at radius 2 is 1.69 bits per heavy atom. The topological polar surface area (TPSA) is 17.8 Å². The molecule has 0 aliphatic carbocycles. The molecule has 0 spiro atoms. The van der Waals surface area contributed by atoms with Crippen molar-refractivity contribution < 1.29 is 13.2 Å². The zero-order chi connectivity index (χ0) is 11.8. The number of halogens is 4. The van der Waals surface area contributed by atoms with E-state index in [0.717, 1.165) is 9.64 Å². The number of hydrogen-bond acceptors (Lipinski definition) is 1. The lowest BCUT2D eigenvalue weighted by Crippen LogP contribution is -2.07. The molecule has 1 heterocycles. The molecule has 0 N–H and O–H groups in total. The Morgan fingerprint density at radius 3 is 2.19 bits per heavy atom. The Bertz CT molecular complexity index is 488. The lowest BCUT2D eigenvalue weighted by atomic mass is 10.3. The van der Waals surface area contributed by atoms with Crippen LogP contribution in [0.15, 0.2) is 36.5 Å². The Morgan fingerprint density at radius 1 is 1.06 bits per heavy atom. The number of aromatic nitrogens is 2. The zero-order valence-electron chi connectivity index (χ0n) is 7.87. The van der Waals surface area contributed by atoms with Crippen LogP contribution in [0.4, 0.5) is 13.2 Å². The highest BCUT2D eigenvalue weighted by molar-refractivity contribution is 14.1. The number of alkyl halides is 3. The third kappa shape index (κ3) is 2.37. The van der Waals surface area contributed by atoms with Gasteiger partial charge in [-0.2, -0.15) is 18.3 Å². The van der Waals surface area contributed by atoms with Gasteiger partial charge in [0.1, 0.15) is 0 Å². The average molecular weight is 338 g/mol. The van der Waals surface area contributed by atoms with Gasteiger partial charge in [0.25, 0.3) is 0 Å². The Hall–Kier alpha value is -1.05. The maximum absolute atomic E-state index is 12.3. The molecule has 2 aromatic rings. The maximum Gasteiger partial charge on any atom is 0.435 e. The van der Waals surface area contributed by atoms with Gasteiger partial charge in [-0.1, -0.05) is 0 Å². The van der Waals surface area contributed by atoms with Gasteiger partial charge in [0, 0.05) is 9.77 Å². The van der Waals surface area contributed by atoms with Crippen LogP contribution in [0.5, 0.6) is 0 Å². The predicted molar refractivity (Wildman–Crippen MR) is 61.3 cm³/mol. The van der Waals surface area contributed by atoms with Gasteiger partial charge in [0.05, 0.1) is 5.69 Å². The molecule has 0 saturated heterocycles. The van der Waals surface area contributed by atoms with E-state index in [9.17, 15) is 13.2 Å². The van der Waals surface area contributed by atoms with Gasteiger partial charge in [0.15, 0.2) is 5.69 Å². The molecule has 0 atom stereocenters. The van der Waals surface area contributed by atoms with Gasteiger partial charge in [-0.15, -0.1) is 0 Å². The number of nitrogens with zero attached hydrogens (tertiary/aromatic N) is 2. The molecule has 0 amide bonds. The molecule has 1 aromatic heterocycles. The van der Waals surface area contributed by atoms with E-state index in [0.29, 0.717) is 5.69 Å². The van der Waals surface area contributed by atoms with Gasteiger partial charge < -0.3 is 0 Å². The standard InChI is InChI=1S/C10H6F3IN2/c11-10(12,13)9-5-6-16(15-9)8-3-1-7(14)2-4-8/h1-6H. The van der Waals surface area contributed by atoms with Gasteiger partial charge in [-0.3, -0.25) is 0 Å². The summed E-state index contributed by atoms with van der Waals surface area (Å²) >= 11 is 2.12. The van der Waals surface area contributed by atoms with E-state index in [2.05, 4.69) is 27.7 Å². The Kier molecular flexibility index (Phi) is 2.92. The Balaban J connectivity index is 2.35. The summed E-state index contributed by atoms with van der Waals surface area (Å²) in [4.78, 5) is 0. The van der Waals surface area contributed by atoms with Crippen LogP contribution in [0.1, 0.15) is 5.69 Å². The van der Waals surface area contributed by atoms with Crippen LogP contribution in [0.25, 0.3) is 5.69 Å². The van der Waals surface area contributed by atoms with Crippen molar-refractivity contribution >= 4 is 22.6 Å². The second-order valence-corrected chi connectivity index (χ2v) is 4.37. The summed E-state index contributed by atoms with van der Waals surface area (Å²) in [6.07, 6.45) is -3.10. The van der Waals surface area contributed by atoms with Crippen LogP contribution in [-0.4, -0.2) is 9.78 Å². The highest BCUT2D eigenvalue weighted by Gasteiger charge is 2.33. The zero-order valence-corrected chi connectivity index (χ0v) is 10.0. The van der Waals surface area contributed by atoms with E-state index in [1.807, 2.05) is 12.1 Å². The number of rotatable bonds is 1. The SMILES string of the molecule is FC(F)(F)c1ccn(-c2ccc(I)cc2)n1. The van der Waals surface area contributed by atoms with Gasteiger partial charge >= 0.3 is 6.18 Å². The van der Waals surface area contributed by atoms with Crippen LogP contribution in [-0.2, 0) is 6.18 Å². The van der Waals surface area contributed by atoms with E-state index in [1.54, 1.807) is 12.1 Å². The summed E-state index contributed by atoms with van der Waals surface area (Å²) in [7, 11) is 0. The molecule has 0 aliphatic heterocycles. The van der Waals surface area contributed by atoms with E-state index >= 15 is 0 Å². The normalized spacial score (nSPS) is 11.8. The van der Waals surface area contributed by atoms with Crippen molar-refractivity contribution in [3.8, 4) is 5.69 Å². The summed E-state index contributed by atoms with van der Waals surface area (Å²) in [6, 6.07) is 8.01. The molecule has 0 bridgehead atoms. The minimum atomic E-state index is -4.39. The highest BCUT2D eigenvalue weighted by atomic mass is 127. The lowest BCUT2D eigenvalue weighted by molar-refractivity contribution is -0.141. The minimum Gasteiger partial charge on any atom is -0.240 e. The summed E-state index contributed by atoms with van der Waals surface area (Å²) in [5.74, 6) is 0. The van der Waals surface area contributed by atoms with E-state index in [4.69, 9.17) is 0 Å². The molecule has 84 valence electrons. The molecule has 6 heteroatoms. The van der Waals surface area contributed by atoms with Crippen molar-refractivity contribution in [2.45, 2.75) is 6.18 Å². The van der Waals surface area contributed by atoms with Crippen LogP contribution in [0, 0.1) is 3.57 Å². The quantitative estimate of drug-likeness (QED) is 0.728. The first-order valence-electron chi connectivity index (χ1n) is 4.35. The second kappa shape index (κ2) is 4.08. The van der Waals surface area contributed by atoms with Crippen molar-refractivity contribution in [2.75, 3.05) is 0 Å². The molecule has 0 saturated carbocycles. The molecule has 2 rings (SSSR count). The Labute approximate surface area is 103 Å². The summed E-state index contributed by atoms with van der Waals surface area (Å²) in [5.41, 5.74) is -0.276. The number of benzene rings is 1. The van der Waals surface area contributed by atoms with Gasteiger partial charge in [-0.05, 0) is 52.9 Å². The maximum atomic E-state index is 12.3. The van der Waals surface area contributed by atoms with E-state index < -0.39 is 11.9 Å². The van der Waals surface area contributed by atoms with Crippen molar-refractivity contribution in [1.82, 2.24) is 9.78 Å². The predicted octanol–water partition coefficient (Wildman–Crippen LogP) is 3.50. The first-order valence-corrected chi connectivity index (χ1v) is 5.43. The van der Waals surface area contributed by atoms with E-state index in [1.165, 1.54) is 10.9 Å². The van der Waals surface area contributed by atoms with Crippen LogP contribution >= 0.6 is 22.6 Å². The summed E-state index contributed by atoms with van der Waals surface area (Å²) in [5, 5.41) is 3.47. The van der Waals surface area contributed by atoms with Crippen LogP contribution in [0.2, 0.25) is 0 Å². The first-order chi connectivity index (χ1) is 7.47. The van der Waals surface area contributed by atoms with Crippen molar-refractivity contribution in [2.24, 2.45) is 0 Å². The van der Waals surface area contributed by atoms with Gasteiger partial charge in [-0.25, -0.2) is 4.68 Å². The van der Waals surface area contributed by atoms with Crippen LogP contribution < -0.4 is 0 Å². The summed E-state index contributed by atoms with van der Waals surface area (Å²) in [6.45, 7) is 0. The second-order valence-electron chi connectivity index (χ2n) is 3.12. The fourth-order valence-electron chi connectivity index (χ4n) is 1.21. The molecule has 0 fully saturated rings. The fourth-order valence-corrected chi connectivity index (χ4v) is 1.57. The molecule has 16 heavy (non-hydrogen) atoms.